The molecule has 5 atom stereocenters. The first-order valence-electron chi connectivity index (χ1n) is 7.45. The van der Waals surface area contributed by atoms with Gasteiger partial charge in [0.1, 0.15) is 34.9 Å². The molecule has 0 saturated carbocycles. The Labute approximate surface area is 154 Å². The average molecular weight is 409 g/mol. The lowest BCUT2D eigenvalue weighted by atomic mass is 10.0. The van der Waals surface area contributed by atoms with Gasteiger partial charge in [0, 0.05) is 6.42 Å². The van der Waals surface area contributed by atoms with E-state index in [0.717, 1.165) is 17.3 Å². The molecular weight excluding hydrogens is 390 g/mol. The Bertz CT molecular complexity index is 710. The van der Waals surface area contributed by atoms with Crippen LogP contribution >= 0.6 is 11.8 Å². The number of hydrogen-bond donors (Lipinski definition) is 5. The lowest BCUT2D eigenvalue weighted by Gasteiger charge is -2.39. The summed E-state index contributed by atoms with van der Waals surface area (Å²) in [6, 6.07) is 8.73. The standard InChI is InChI=1S/C14H19NO9S2/c16-7-9-11(17)12(18)13(19)14(23-9)25-10(15-24-26(20,21)22)6-8-4-2-1-3-5-8/h1-5,9,11-14,16-19H,6-7H2,(H,20,21,22)/b15-10+. The van der Waals surface area contributed by atoms with E-state index in [2.05, 4.69) is 9.44 Å². The molecule has 1 saturated heterocycles. The monoisotopic (exact) mass is 409 g/mol. The van der Waals surface area contributed by atoms with Crippen molar-refractivity contribution in [2.75, 3.05) is 6.61 Å². The summed E-state index contributed by atoms with van der Waals surface area (Å²) in [4.78, 5) is 0. The fraction of sp³-hybridized carbons (Fsp3) is 0.500. The predicted molar refractivity (Wildman–Crippen MR) is 91.6 cm³/mol. The average Bonchev–Trinajstić information content (AvgIpc) is 2.60. The van der Waals surface area contributed by atoms with Crippen LogP contribution in [0.3, 0.4) is 0 Å². The van der Waals surface area contributed by atoms with Gasteiger partial charge in [-0.25, -0.2) is 4.28 Å². The smallest absolute Gasteiger partial charge is 0.394 e. The Morgan fingerprint density at radius 1 is 1.15 bits per heavy atom. The zero-order chi connectivity index (χ0) is 19.3. The number of thioether (sulfide) groups is 1. The molecule has 0 aromatic heterocycles. The molecule has 10 nitrogen and oxygen atoms in total. The van der Waals surface area contributed by atoms with Crippen LogP contribution in [0.25, 0.3) is 0 Å². The summed E-state index contributed by atoms with van der Waals surface area (Å²) in [5, 5.41) is 42.2. The van der Waals surface area contributed by atoms with E-state index in [0.29, 0.717) is 0 Å². The highest BCUT2D eigenvalue weighted by Crippen LogP contribution is 2.30. The van der Waals surface area contributed by atoms with Crippen molar-refractivity contribution < 1.29 is 42.4 Å². The lowest BCUT2D eigenvalue weighted by molar-refractivity contribution is -0.205. The number of nitrogens with zero attached hydrogens (tertiary/aromatic N) is 1. The Morgan fingerprint density at radius 3 is 2.38 bits per heavy atom. The van der Waals surface area contributed by atoms with Gasteiger partial charge in [0.15, 0.2) is 0 Å². The molecular formula is C14H19NO9S2. The fourth-order valence-corrected chi connectivity index (χ4v) is 3.58. The molecule has 5 N–H and O–H groups in total. The second-order valence-corrected chi connectivity index (χ2v) is 7.64. The SMILES string of the molecule is O=S(=O)(O)O/N=C(\Cc1ccccc1)SC1OC(CO)C(O)C(O)C1O. The van der Waals surface area contributed by atoms with Gasteiger partial charge in [-0.15, -0.1) is 0 Å². The molecule has 26 heavy (non-hydrogen) atoms. The van der Waals surface area contributed by atoms with Gasteiger partial charge < -0.3 is 25.2 Å². The number of hydrogen-bond acceptors (Lipinski definition) is 10. The van der Waals surface area contributed by atoms with Crippen LogP contribution < -0.4 is 0 Å². The van der Waals surface area contributed by atoms with Crippen molar-refractivity contribution >= 4 is 27.2 Å². The molecule has 1 aliphatic rings. The third-order valence-electron chi connectivity index (χ3n) is 3.53. The van der Waals surface area contributed by atoms with E-state index in [1.54, 1.807) is 30.3 Å². The number of benzene rings is 1. The van der Waals surface area contributed by atoms with Crippen LogP contribution in [0.4, 0.5) is 0 Å². The van der Waals surface area contributed by atoms with Crippen molar-refractivity contribution in [2.24, 2.45) is 5.16 Å². The molecule has 0 amide bonds. The molecule has 0 radical (unpaired) electrons. The maximum absolute atomic E-state index is 10.8. The van der Waals surface area contributed by atoms with Crippen LogP contribution in [0.5, 0.6) is 0 Å². The number of oxime groups is 1. The first-order valence-corrected chi connectivity index (χ1v) is 9.69. The van der Waals surface area contributed by atoms with Crippen LogP contribution in [0.15, 0.2) is 35.5 Å². The van der Waals surface area contributed by atoms with E-state index >= 15 is 0 Å². The van der Waals surface area contributed by atoms with Gasteiger partial charge in [-0.2, -0.15) is 8.42 Å². The van der Waals surface area contributed by atoms with Crippen molar-refractivity contribution in [3.8, 4) is 0 Å². The molecule has 1 fully saturated rings. The van der Waals surface area contributed by atoms with E-state index in [1.165, 1.54) is 0 Å². The van der Waals surface area contributed by atoms with Gasteiger partial charge in [0.05, 0.1) is 6.61 Å². The summed E-state index contributed by atoms with van der Waals surface area (Å²) >= 11 is 0.729. The summed E-state index contributed by atoms with van der Waals surface area (Å²) in [7, 11) is -4.83. The zero-order valence-corrected chi connectivity index (χ0v) is 15.0. The van der Waals surface area contributed by atoms with Crippen LogP contribution in [0.2, 0.25) is 0 Å². The molecule has 12 heteroatoms. The molecule has 1 aromatic rings. The molecule has 0 aliphatic carbocycles. The number of aliphatic hydroxyl groups is 4. The van der Waals surface area contributed by atoms with Crippen molar-refractivity contribution in [1.82, 2.24) is 0 Å². The second-order valence-electron chi connectivity index (χ2n) is 5.46. The molecule has 2 rings (SSSR count). The topological polar surface area (TPSA) is 166 Å². The van der Waals surface area contributed by atoms with Crippen molar-refractivity contribution in [3.63, 3.8) is 0 Å². The predicted octanol–water partition coefficient (Wildman–Crippen LogP) is -1.10. The van der Waals surface area contributed by atoms with Crippen LogP contribution in [-0.2, 0) is 25.8 Å². The van der Waals surface area contributed by atoms with E-state index in [9.17, 15) is 28.8 Å². The van der Waals surface area contributed by atoms with Gasteiger partial charge in [0.25, 0.3) is 0 Å². The van der Waals surface area contributed by atoms with Crippen molar-refractivity contribution in [2.45, 2.75) is 36.3 Å². The van der Waals surface area contributed by atoms with Gasteiger partial charge in [-0.3, -0.25) is 4.55 Å². The summed E-state index contributed by atoms with van der Waals surface area (Å²) in [6.07, 6.45) is -5.68. The van der Waals surface area contributed by atoms with Gasteiger partial charge >= 0.3 is 10.4 Å². The third kappa shape index (κ3) is 5.89. The summed E-state index contributed by atoms with van der Waals surface area (Å²) in [6.45, 7) is -0.602. The maximum Gasteiger partial charge on any atom is 0.466 e. The Kier molecular flexibility index (Phi) is 7.37. The largest absolute Gasteiger partial charge is 0.466 e. The van der Waals surface area contributed by atoms with E-state index in [-0.39, 0.29) is 11.5 Å². The third-order valence-corrected chi connectivity index (χ3v) is 4.91. The zero-order valence-electron chi connectivity index (χ0n) is 13.3. The van der Waals surface area contributed by atoms with Crippen LogP contribution in [0.1, 0.15) is 5.56 Å². The molecule has 1 aliphatic heterocycles. The number of aliphatic hydroxyl groups excluding tert-OH is 4. The summed E-state index contributed by atoms with van der Waals surface area (Å²) in [5.74, 6) is 0. The normalized spacial score (nSPS) is 30.2. The minimum absolute atomic E-state index is 0.0122. The number of ether oxygens (including phenoxy) is 1. The lowest BCUT2D eigenvalue weighted by Crippen LogP contribution is -2.57. The molecule has 5 unspecified atom stereocenters. The quantitative estimate of drug-likeness (QED) is 0.168. The maximum atomic E-state index is 10.8. The second kappa shape index (κ2) is 9.10. The van der Waals surface area contributed by atoms with E-state index < -0.39 is 46.9 Å². The molecule has 0 bridgehead atoms. The highest BCUT2D eigenvalue weighted by molar-refractivity contribution is 8.14. The van der Waals surface area contributed by atoms with Gasteiger partial charge in [-0.1, -0.05) is 47.2 Å². The Hall–Kier alpha value is -1.25. The first kappa shape index (κ1) is 21.1. The minimum atomic E-state index is -4.83. The van der Waals surface area contributed by atoms with Crippen molar-refractivity contribution in [1.29, 1.82) is 0 Å². The molecule has 0 spiro atoms. The van der Waals surface area contributed by atoms with Crippen LogP contribution in [-0.4, -0.2) is 74.9 Å². The van der Waals surface area contributed by atoms with E-state index in [1.807, 2.05) is 0 Å². The highest BCUT2D eigenvalue weighted by atomic mass is 32.3. The Morgan fingerprint density at radius 2 is 1.81 bits per heavy atom. The van der Waals surface area contributed by atoms with E-state index in [4.69, 9.17) is 9.29 Å². The first-order chi connectivity index (χ1) is 12.2. The number of rotatable bonds is 6. The van der Waals surface area contributed by atoms with Crippen molar-refractivity contribution in [3.05, 3.63) is 35.9 Å². The molecule has 146 valence electrons. The van der Waals surface area contributed by atoms with Gasteiger partial charge in [0.2, 0.25) is 0 Å². The van der Waals surface area contributed by atoms with Gasteiger partial charge in [-0.05, 0) is 5.56 Å². The summed E-state index contributed by atoms with van der Waals surface area (Å²) in [5.41, 5.74) is -0.444. The molecule has 1 heterocycles. The fourth-order valence-electron chi connectivity index (χ4n) is 2.25. The summed E-state index contributed by atoms with van der Waals surface area (Å²) < 4.78 is 39.6. The van der Waals surface area contributed by atoms with Crippen LogP contribution in [0, 0.1) is 0 Å². The minimum Gasteiger partial charge on any atom is -0.394 e. The Balaban J connectivity index is 2.19. The molecule has 1 aromatic carbocycles. The highest BCUT2D eigenvalue weighted by Gasteiger charge is 2.44.